The van der Waals surface area contributed by atoms with E-state index in [0.29, 0.717) is 23.9 Å². The number of allylic oxidation sites excluding steroid dienone is 12. The van der Waals surface area contributed by atoms with Gasteiger partial charge in [-0.2, -0.15) is 0 Å². The van der Waals surface area contributed by atoms with Crippen molar-refractivity contribution in [1.82, 2.24) is 0 Å². The second-order valence-electron chi connectivity index (χ2n) is 15.0. The fourth-order valence-electron chi connectivity index (χ4n) is 5.08. The summed E-state index contributed by atoms with van der Waals surface area (Å²) in [6.07, 6.45) is 45.2. The number of carbonyl (C=O) groups excluding carboxylic acids is 2. The Morgan fingerprint density at radius 1 is 0.564 bits per heavy atom. The van der Waals surface area contributed by atoms with Crippen LogP contribution in [0.5, 0.6) is 0 Å². The fraction of sp³-hybridized carbons (Fsp3) is 0.689. The highest BCUT2D eigenvalue weighted by Gasteiger charge is 2.27. The van der Waals surface area contributed by atoms with Crippen LogP contribution < -0.4 is 0 Å². The Labute approximate surface area is 336 Å². The zero-order valence-corrected chi connectivity index (χ0v) is 36.3. The third-order valence-electron chi connectivity index (χ3n) is 8.46. The number of rotatable bonds is 37. The summed E-state index contributed by atoms with van der Waals surface area (Å²) in [5.41, 5.74) is 0. The van der Waals surface area contributed by atoms with Gasteiger partial charge < -0.3 is 18.9 Å². The van der Waals surface area contributed by atoms with E-state index in [4.69, 9.17) is 18.5 Å². The minimum atomic E-state index is -4.39. The summed E-state index contributed by atoms with van der Waals surface area (Å²) in [4.78, 5) is 35.3. The number of hydrogen-bond donors (Lipinski definition) is 1. The van der Waals surface area contributed by atoms with Crippen molar-refractivity contribution in [3.63, 3.8) is 0 Å². The molecule has 0 rings (SSSR count). The molecule has 0 aromatic rings. The first kappa shape index (κ1) is 52.5. The van der Waals surface area contributed by atoms with E-state index in [1.807, 2.05) is 21.1 Å². The molecule has 0 aromatic carbocycles. The van der Waals surface area contributed by atoms with Crippen LogP contribution in [0.3, 0.4) is 0 Å². The first-order valence-electron chi connectivity index (χ1n) is 21.2. The number of unbranched alkanes of at least 4 members (excludes halogenated alkanes) is 11. The quantitative estimate of drug-likeness (QED) is 0.0218. The fourth-order valence-corrected chi connectivity index (χ4v) is 5.82. The highest BCUT2D eigenvalue weighted by Crippen LogP contribution is 2.43. The summed E-state index contributed by atoms with van der Waals surface area (Å²) in [6.45, 7) is 4.25. The largest absolute Gasteiger partial charge is 0.472 e. The van der Waals surface area contributed by atoms with Gasteiger partial charge in [0.2, 0.25) is 0 Å². The van der Waals surface area contributed by atoms with Gasteiger partial charge in [0, 0.05) is 12.8 Å². The normalized spacial score (nSPS) is 14.4. The van der Waals surface area contributed by atoms with Crippen LogP contribution in [0.1, 0.15) is 149 Å². The third kappa shape index (κ3) is 40.9. The van der Waals surface area contributed by atoms with Crippen LogP contribution in [-0.2, 0) is 32.7 Å². The molecule has 316 valence electrons. The number of nitrogens with zero attached hydrogens (tertiary/aromatic N) is 1. The molecule has 1 N–H and O–H groups in total. The lowest BCUT2D eigenvalue weighted by atomic mass is 10.1. The molecular weight excluding hydrogens is 713 g/mol. The smallest absolute Gasteiger partial charge is 0.462 e. The molecule has 0 aliphatic heterocycles. The van der Waals surface area contributed by atoms with Gasteiger partial charge in [-0.1, -0.05) is 132 Å². The molecule has 0 amide bonds. The van der Waals surface area contributed by atoms with Crippen molar-refractivity contribution < 1.29 is 42.1 Å². The van der Waals surface area contributed by atoms with E-state index in [-0.39, 0.29) is 26.1 Å². The minimum absolute atomic E-state index is 0.0168. The Morgan fingerprint density at radius 3 is 1.56 bits per heavy atom. The lowest BCUT2D eigenvalue weighted by Crippen LogP contribution is -2.37. The summed E-state index contributed by atoms with van der Waals surface area (Å²) in [6, 6.07) is 0. The summed E-state index contributed by atoms with van der Waals surface area (Å²) in [7, 11) is 1.42. The molecule has 0 spiro atoms. The molecule has 1 unspecified atom stereocenters. The maximum absolute atomic E-state index is 12.7. The third-order valence-corrected chi connectivity index (χ3v) is 9.44. The molecule has 0 heterocycles. The topological polar surface area (TPSA) is 108 Å². The van der Waals surface area contributed by atoms with Crippen LogP contribution in [0.2, 0.25) is 0 Å². The van der Waals surface area contributed by atoms with Crippen molar-refractivity contribution in [1.29, 1.82) is 0 Å². The van der Waals surface area contributed by atoms with Gasteiger partial charge in [-0.25, -0.2) is 4.57 Å². The standard InChI is InChI=1S/C45H78NO8P/c1-6-8-10-12-14-16-18-20-22-23-24-26-27-29-31-33-35-37-44(47)51-41-43(42-53-55(49,50)52-40-39-46(3,4)5)54-45(48)38-36-34-32-30-28-25-21-19-17-15-13-11-9-7-2/h13-16,19-22,24,26,29,31,43H,6-12,17-18,23,25,27-28,30,32-42H2,1-5H3/p+1/b15-13-,16-14-,21-19-,22-20-,26-24-,31-29-/t43-/m1/s1. The van der Waals surface area contributed by atoms with Crippen molar-refractivity contribution in [3.8, 4) is 0 Å². The van der Waals surface area contributed by atoms with E-state index in [9.17, 15) is 19.0 Å². The van der Waals surface area contributed by atoms with Crippen molar-refractivity contribution in [2.75, 3.05) is 47.5 Å². The Bertz CT molecular complexity index is 1170. The van der Waals surface area contributed by atoms with E-state index in [2.05, 4.69) is 86.8 Å². The number of quaternary nitrogens is 1. The number of phosphoric acid groups is 1. The SMILES string of the molecule is CCCC/C=C\C/C=C\CCCCCCCC(=O)O[C@H](COC(=O)CCC/C=C\C/C=C\C/C=C\C/C=C\CCCCC)COP(=O)(O)OCC[N+](C)(C)C. The van der Waals surface area contributed by atoms with Gasteiger partial charge in [0.15, 0.2) is 6.10 Å². The molecule has 0 saturated carbocycles. The van der Waals surface area contributed by atoms with Gasteiger partial charge in [-0.15, -0.1) is 0 Å². The number of esters is 2. The minimum Gasteiger partial charge on any atom is -0.462 e. The zero-order chi connectivity index (χ0) is 40.7. The van der Waals surface area contributed by atoms with E-state index >= 15 is 0 Å². The average Bonchev–Trinajstić information content (AvgIpc) is 3.13. The second kappa shape index (κ2) is 37.1. The number of hydrogen-bond acceptors (Lipinski definition) is 7. The van der Waals surface area contributed by atoms with E-state index in [1.54, 1.807) is 0 Å². The van der Waals surface area contributed by atoms with Crippen molar-refractivity contribution >= 4 is 19.8 Å². The van der Waals surface area contributed by atoms with Crippen LogP contribution in [0.25, 0.3) is 0 Å². The average molecular weight is 793 g/mol. The Balaban J connectivity index is 4.52. The van der Waals surface area contributed by atoms with Crippen molar-refractivity contribution in [3.05, 3.63) is 72.9 Å². The monoisotopic (exact) mass is 793 g/mol. The summed E-state index contributed by atoms with van der Waals surface area (Å²) < 4.78 is 34.2. The van der Waals surface area contributed by atoms with Gasteiger partial charge in [-0.05, 0) is 77.0 Å². The Kier molecular flexibility index (Phi) is 35.3. The molecule has 0 fully saturated rings. The number of ether oxygens (including phenoxy) is 2. The number of carbonyl (C=O) groups is 2. The Morgan fingerprint density at radius 2 is 1.02 bits per heavy atom. The molecule has 10 heteroatoms. The zero-order valence-electron chi connectivity index (χ0n) is 35.4. The van der Waals surface area contributed by atoms with Crippen molar-refractivity contribution in [2.24, 2.45) is 0 Å². The lowest BCUT2D eigenvalue weighted by Gasteiger charge is -2.24. The van der Waals surface area contributed by atoms with Gasteiger partial charge in [0.1, 0.15) is 19.8 Å². The Hall–Kier alpha value is -2.55. The number of likely N-dealkylation sites (N-methyl/N-ethyl adjacent to an activating group) is 1. The first-order chi connectivity index (χ1) is 26.5. The maximum atomic E-state index is 12.7. The molecule has 9 nitrogen and oxygen atoms in total. The highest BCUT2D eigenvalue weighted by atomic mass is 31.2. The molecule has 55 heavy (non-hydrogen) atoms. The van der Waals surface area contributed by atoms with E-state index < -0.39 is 32.5 Å². The summed E-state index contributed by atoms with van der Waals surface area (Å²) in [5.74, 6) is -0.888. The van der Waals surface area contributed by atoms with Crippen molar-refractivity contribution in [2.45, 2.75) is 155 Å². The van der Waals surface area contributed by atoms with Crippen LogP contribution in [0.15, 0.2) is 72.9 Å². The van der Waals surface area contributed by atoms with Gasteiger partial charge in [0.25, 0.3) is 0 Å². The molecule has 0 aromatic heterocycles. The predicted octanol–water partition coefficient (Wildman–Crippen LogP) is 11.9. The van der Waals surface area contributed by atoms with Gasteiger partial charge in [-0.3, -0.25) is 18.6 Å². The van der Waals surface area contributed by atoms with Crippen LogP contribution >= 0.6 is 7.82 Å². The second-order valence-corrected chi connectivity index (χ2v) is 16.5. The first-order valence-corrected chi connectivity index (χ1v) is 22.7. The van der Waals surface area contributed by atoms with Gasteiger partial charge >= 0.3 is 19.8 Å². The lowest BCUT2D eigenvalue weighted by molar-refractivity contribution is -0.870. The maximum Gasteiger partial charge on any atom is 0.472 e. The molecule has 0 aliphatic rings. The summed E-state index contributed by atoms with van der Waals surface area (Å²) >= 11 is 0. The van der Waals surface area contributed by atoms with Crippen LogP contribution in [0.4, 0.5) is 0 Å². The predicted molar refractivity (Wildman–Crippen MR) is 229 cm³/mol. The van der Waals surface area contributed by atoms with Gasteiger partial charge in [0.05, 0.1) is 27.7 Å². The van der Waals surface area contributed by atoms with E-state index in [1.165, 1.54) is 38.5 Å². The summed E-state index contributed by atoms with van der Waals surface area (Å²) in [5, 5.41) is 0. The highest BCUT2D eigenvalue weighted by molar-refractivity contribution is 7.47. The molecule has 0 saturated heterocycles. The molecule has 0 aliphatic carbocycles. The molecule has 0 bridgehead atoms. The molecule has 0 radical (unpaired) electrons. The van der Waals surface area contributed by atoms with Crippen LogP contribution in [0, 0.1) is 0 Å². The van der Waals surface area contributed by atoms with Crippen LogP contribution in [-0.4, -0.2) is 74.9 Å². The van der Waals surface area contributed by atoms with E-state index in [0.717, 1.165) is 70.6 Å². The molecular formula is C45H79NO8P+. The molecule has 2 atom stereocenters. The number of phosphoric ester groups is 1.